The summed E-state index contributed by atoms with van der Waals surface area (Å²) in [6, 6.07) is 0. The number of hydrogen-bond acceptors (Lipinski definition) is 3. The molecule has 1 aliphatic heterocycles. The Morgan fingerprint density at radius 2 is 1.73 bits per heavy atom. The van der Waals surface area contributed by atoms with Crippen LogP contribution >= 0.6 is 0 Å². The van der Waals surface area contributed by atoms with Crippen LogP contribution in [-0.2, 0) is 0 Å². The van der Waals surface area contributed by atoms with Crippen LogP contribution in [0, 0.1) is 11.8 Å². The Bertz CT molecular complexity index is 180. The number of rotatable bonds is 3. The summed E-state index contributed by atoms with van der Waals surface area (Å²) >= 11 is 0. The molecule has 0 spiro atoms. The predicted octanol–water partition coefficient (Wildman–Crippen LogP) is 0.690. The predicted molar refractivity (Wildman–Crippen MR) is 61.8 cm³/mol. The zero-order valence-corrected chi connectivity index (χ0v) is 9.62. The fraction of sp³-hybridized carbons (Fsp3) is 1.00. The summed E-state index contributed by atoms with van der Waals surface area (Å²) in [5.74, 6) is 1.33. The van der Waals surface area contributed by atoms with Gasteiger partial charge in [0, 0.05) is 39.3 Å². The SMILES string of the molecule is OC[C@H]1CCCC[C@@H]1CN1CCNCC1. The molecule has 15 heavy (non-hydrogen) atoms. The van der Waals surface area contributed by atoms with Gasteiger partial charge in [0.25, 0.3) is 0 Å². The van der Waals surface area contributed by atoms with Crippen molar-refractivity contribution in [2.24, 2.45) is 11.8 Å². The molecule has 2 rings (SSSR count). The van der Waals surface area contributed by atoms with Crippen LogP contribution in [0.5, 0.6) is 0 Å². The molecule has 1 saturated heterocycles. The fourth-order valence-electron chi connectivity index (χ4n) is 2.99. The normalized spacial score (nSPS) is 34.2. The molecule has 0 aromatic heterocycles. The van der Waals surface area contributed by atoms with Gasteiger partial charge in [0.05, 0.1) is 0 Å². The van der Waals surface area contributed by atoms with Gasteiger partial charge in [-0.3, -0.25) is 0 Å². The van der Waals surface area contributed by atoms with Gasteiger partial charge in [-0.25, -0.2) is 0 Å². The van der Waals surface area contributed by atoms with Crippen LogP contribution in [0.25, 0.3) is 0 Å². The largest absolute Gasteiger partial charge is 0.396 e. The van der Waals surface area contributed by atoms with Gasteiger partial charge in [-0.1, -0.05) is 12.8 Å². The second kappa shape index (κ2) is 5.83. The number of aliphatic hydroxyl groups excluding tert-OH is 1. The van der Waals surface area contributed by atoms with Gasteiger partial charge in [-0.15, -0.1) is 0 Å². The van der Waals surface area contributed by atoms with Crippen molar-refractivity contribution in [2.75, 3.05) is 39.3 Å². The molecular formula is C12H24N2O. The Labute approximate surface area is 92.8 Å². The zero-order chi connectivity index (χ0) is 10.5. The van der Waals surface area contributed by atoms with E-state index in [0.29, 0.717) is 12.5 Å². The first kappa shape index (κ1) is 11.4. The Morgan fingerprint density at radius 1 is 1.07 bits per heavy atom. The summed E-state index contributed by atoms with van der Waals surface area (Å²) in [4.78, 5) is 2.56. The van der Waals surface area contributed by atoms with E-state index in [1.807, 2.05) is 0 Å². The minimum atomic E-state index is 0.400. The van der Waals surface area contributed by atoms with Gasteiger partial charge in [-0.2, -0.15) is 0 Å². The van der Waals surface area contributed by atoms with Crippen molar-refractivity contribution in [3.05, 3.63) is 0 Å². The average molecular weight is 212 g/mol. The van der Waals surface area contributed by atoms with Crippen LogP contribution < -0.4 is 5.32 Å². The molecule has 88 valence electrons. The molecule has 0 amide bonds. The van der Waals surface area contributed by atoms with Crippen LogP contribution in [0.3, 0.4) is 0 Å². The van der Waals surface area contributed by atoms with Gasteiger partial charge >= 0.3 is 0 Å². The summed E-state index contributed by atoms with van der Waals surface area (Å²) in [6.07, 6.45) is 5.26. The van der Waals surface area contributed by atoms with Crippen molar-refractivity contribution in [3.8, 4) is 0 Å². The zero-order valence-electron chi connectivity index (χ0n) is 9.62. The number of aliphatic hydroxyl groups is 1. The molecule has 0 aromatic rings. The lowest BCUT2D eigenvalue weighted by Gasteiger charge is -2.36. The van der Waals surface area contributed by atoms with Crippen molar-refractivity contribution in [1.29, 1.82) is 0 Å². The molecule has 2 aliphatic rings. The molecule has 3 heteroatoms. The minimum absolute atomic E-state index is 0.400. The van der Waals surface area contributed by atoms with Crippen molar-refractivity contribution in [2.45, 2.75) is 25.7 Å². The highest BCUT2D eigenvalue weighted by Crippen LogP contribution is 2.30. The van der Waals surface area contributed by atoms with E-state index in [9.17, 15) is 5.11 Å². The Kier molecular flexibility index (Phi) is 4.42. The van der Waals surface area contributed by atoms with Crippen molar-refractivity contribution >= 4 is 0 Å². The summed E-state index contributed by atoms with van der Waals surface area (Å²) in [5, 5.41) is 12.7. The topological polar surface area (TPSA) is 35.5 Å². The van der Waals surface area contributed by atoms with Gasteiger partial charge < -0.3 is 15.3 Å². The van der Waals surface area contributed by atoms with Crippen LogP contribution in [-0.4, -0.2) is 49.3 Å². The lowest BCUT2D eigenvalue weighted by Crippen LogP contribution is -2.46. The Morgan fingerprint density at radius 3 is 2.40 bits per heavy atom. The highest BCUT2D eigenvalue weighted by Gasteiger charge is 2.26. The molecule has 0 unspecified atom stereocenters. The number of nitrogens with one attached hydrogen (secondary N) is 1. The van der Waals surface area contributed by atoms with E-state index in [4.69, 9.17) is 0 Å². The highest BCUT2D eigenvalue weighted by atomic mass is 16.3. The summed E-state index contributed by atoms with van der Waals surface area (Å²) in [7, 11) is 0. The van der Waals surface area contributed by atoms with Crippen LogP contribution in [0.15, 0.2) is 0 Å². The third-order valence-electron chi connectivity index (χ3n) is 4.00. The second-order valence-corrected chi connectivity index (χ2v) is 5.04. The van der Waals surface area contributed by atoms with E-state index in [-0.39, 0.29) is 0 Å². The van der Waals surface area contributed by atoms with Gasteiger partial charge in [0.15, 0.2) is 0 Å². The number of hydrogen-bond donors (Lipinski definition) is 2. The molecule has 2 atom stereocenters. The standard InChI is InChI=1S/C12H24N2O/c15-10-12-4-2-1-3-11(12)9-14-7-5-13-6-8-14/h11-13,15H,1-10H2/t11-,12-/m1/s1. The van der Waals surface area contributed by atoms with Crippen molar-refractivity contribution in [3.63, 3.8) is 0 Å². The van der Waals surface area contributed by atoms with Gasteiger partial charge in [0.1, 0.15) is 0 Å². The molecule has 0 radical (unpaired) electrons. The smallest absolute Gasteiger partial charge is 0.0462 e. The maximum atomic E-state index is 9.36. The molecule has 0 bridgehead atoms. The molecule has 0 aromatic carbocycles. The van der Waals surface area contributed by atoms with Crippen molar-refractivity contribution in [1.82, 2.24) is 10.2 Å². The van der Waals surface area contributed by atoms with E-state index in [0.717, 1.165) is 19.0 Å². The van der Waals surface area contributed by atoms with Gasteiger partial charge in [0.2, 0.25) is 0 Å². The molecule has 1 aliphatic carbocycles. The van der Waals surface area contributed by atoms with E-state index in [2.05, 4.69) is 10.2 Å². The molecule has 1 heterocycles. The minimum Gasteiger partial charge on any atom is -0.396 e. The first-order valence-electron chi connectivity index (χ1n) is 6.44. The quantitative estimate of drug-likeness (QED) is 0.722. The molecular weight excluding hydrogens is 188 g/mol. The maximum Gasteiger partial charge on any atom is 0.0462 e. The second-order valence-electron chi connectivity index (χ2n) is 5.04. The number of nitrogens with zero attached hydrogens (tertiary/aromatic N) is 1. The Hall–Kier alpha value is -0.120. The molecule has 2 fully saturated rings. The maximum absolute atomic E-state index is 9.36. The molecule has 2 N–H and O–H groups in total. The fourth-order valence-corrected chi connectivity index (χ4v) is 2.99. The first-order chi connectivity index (χ1) is 7.40. The third kappa shape index (κ3) is 3.16. The highest BCUT2D eigenvalue weighted by molar-refractivity contribution is 4.79. The van der Waals surface area contributed by atoms with Crippen LogP contribution in [0.2, 0.25) is 0 Å². The molecule has 1 saturated carbocycles. The lowest BCUT2D eigenvalue weighted by molar-refractivity contribution is 0.0947. The van der Waals surface area contributed by atoms with E-state index in [1.165, 1.54) is 45.3 Å². The summed E-state index contributed by atoms with van der Waals surface area (Å²) < 4.78 is 0. The van der Waals surface area contributed by atoms with Gasteiger partial charge in [-0.05, 0) is 24.7 Å². The Balaban J connectivity index is 1.79. The first-order valence-corrected chi connectivity index (χ1v) is 6.44. The summed E-state index contributed by atoms with van der Waals surface area (Å²) in [6.45, 7) is 6.26. The van der Waals surface area contributed by atoms with Crippen molar-refractivity contribution < 1.29 is 5.11 Å². The average Bonchev–Trinajstić information content (AvgIpc) is 2.31. The number of piperazine rings is 1. The lowest BCUT2D eigenvalue weighted by atomic mass is 9.79. The van der Waals surface area contributed by atoms with Crippen LogP contribution in [0.1, 0.15) is 25.7 Å². The molecule has 3 nitrogen and oxygen atoms in total. The van der Waals surface area contributed by atoms with Crippen LogP contribution in [0.4, 0.5) is 0 Å². The van der Waals surface area contributed by atoms with E-state index >= 15 is 0 Å². The van der Waals surface area contributed by atoms with E-state index < -0.39 is 0 Å². The summed E-state index contributed by atoms with van der Waals surface area (Å²) in [5.41, 5.74) is 0. The monoisotopic (exact) mass is 212 g/mol. The van der Waals surface area contributed by atoms with E-state index in [1.54, 1.807) is 0 Å². The third-order valence-corrected chi connectivity index (χ3v) is 4.00.